The van der Waals surface area contributed by atoms with Crippen molar-refractivity contribution in [1.82, 2.24) is 9.97 Å². The molecule has 0 aliphatic heterocycles. The molecular formula is C13H12BrFN2O. The lowest BCUT2D eigenvalue weighted by Gasteiger charge is -2.07. The minimum atomic E-state index is -0.337. The van der Waals surface area contributed by atoms with Crippen LogP contribution in [0, 0.1) is 12.7 Å². The van der Waals surface area contributed by atoms with Crippen molar-refractivity contribution in [3.63, 3.8) is 0 Å². The predicted molar refractivity (Wildman–Crippen MR) is 72.1 cm³/mol. The van der Waals surface area contributed by atoms with Gasteiger partial charge in [-0.2, -0.15) is 0 Å². The van der Waals surface area contributed by atoms with E-state index in [-0.39, 0.29) is 11.4 Å². The molecule has 0 unspecified atom stereocenters. The van der Waals surface area contributed by atoms with E-state index in [9.17, 15) is 9.18 Å². The number of rotatable bonds is 2. The maximum absolute atomic E-state index is 13.0. The van der Waals surface area contributed by atoms with Gasteiger partial charge in [0.25, 0.3) is 5.56 Å². The number of benzene rings is 1. The molecule has 18 heavy (non-hydrogen) atoms. The van der Waals surface area contributed by atoms with Crippen molar-refractivity contribution in [3.05, 3.63) is 50.1 Å². The van der Waals surface area contributed by atoms with Gasteiger partial charge >= 0.3 is 0 Å². The monoisotopic (exact) mass is 310 g/mol. The average Bonchev–Trinajstić information content (AvgIpc) is 2.32. The van der Waals surface area contributed by atoms with Gasteiger partial charge < -0.3 is 4.98 Å². The van der Waals surface area contributed by atoms with Gasteiger partial charge in [0.05, 0.1) is 5.69 Å². The number of hydrogen-bond donors (Lipinski definition) is 1. The zero-order valence-electron chi connectivity index (χ0n) is 10.1. The molecule has 0 fully saturated rings. The first-order valence-corrected chi connectivity index (χ1v) is 6.37. The Morgan fingerprint density at radius 1 is 1.44 bits per heavy atom. The Morgan fingerprint density at radius 2 is 2.17 bits per heavy atom. The summed E-state index contributed by atoms with van der Waals surface area (Å²) in [6.07, 6.45) is 0.682. The van der Waals surface area contributed by atoms with Gasteiger partial charge in [-0.25, -0.2) is 9.37 Å². The zero-order chi connectivity index (χ0) is 13.3. The summed E-state index contributed by atoms with van der Waals surface area (Å²) in [5.41, 5.74) is 1.89. The fourth-order valence-corrected chi connectivity index (χ4v) is 2.27. The highest BCUT2D eigenvalue weighted by molar-refractivity contribution is 9.10. The highest BCUT2D eigenvalue weighted by Gasteiger charge is 2.10. The Kier molecular flexibility index (Phi) is 3.61. The molecule has 1 N–H and O–H groups in total. The van der Waals surface area contributed by atoms with Crippen molar-refractivity contribution in [2.45, 2.75) is 20.3 Å². The number of halogens is 2. The molecule has 2 rings (SSSR count). The summed E-state index contributed by atoms with van der Waals surface area (Å²) in [6.45, 7) is 3.69. The predicted octanol–water partition coefficient (Wildman–Crippen LogP) is 3.21. The van der Waals surface area contributed by atoms with E-state index in [0.717, 1.165) is 5.69 Å². The van der Waals surface area contributed by atoms with Gasteiger partial charge in [0.1, 0.15) is 11.6 Å². The van der Waals surface area contributed by atoms with Gasteiger partial charge in [0, 0.05) is 15.6 Å². The van der Waals surface area contributed by atoms with Crippen LogP contribution in [-0.4, -0.2) is 9.97 Å². The Labute approximate surface area is 112 Å². The topological polar surface area (TPSA) is 45.8 Å². The molecular weight excluding hydrogens is 299 g/mol. The Morgan fingerprint density at radius 3 is 2.78 bits per heavy atom. The van der Waals surface area contributed by atoms with E-state index in [1.807, 2.05) is 6.92 Å². The summed E-state index contributed by atoms with van der Waals surface area (Å²) in [4.78, 5) is 18.9. The standard InChI is InChI=1S/C13H12BrFN2O/c1-3-11-7(2)13(18)17-12(16-11)9-5-4-8(15)6-10(9)14/h4-6H,3H2,1-2H3,(H,16,17,18). The van der Waals surface area contributed by atoms with Gasteiger partial charge in [-0.15, -0.1) is 0 Å². The molecule has 0 bridgehead atoms. The number of aromatic nitrogens is 2. The van der Waals surface area contributed by atoms with E-state index < -0.39 is 0 Å². The minimum Gasteiger partial charge on any atom is -0.306 e. The fraction of sp³-hybridized carbons (Fsp3) is 0.231. The molecule has 0 amide bonds. The van der Waals surface area contributed by atoms with Crippen molar-refractivity contribution >= 4 is 15.9 Å². The molecule has 5 heteroatoms. The summed E-state index contributed by atoms with van der Waals surface area (Å²) in [6, 6.07) is 4.28. The second kappa shape index (κ2) is 5.02. The van der Waals surface area contributed by atoms with E-state index >= 15 is 0 Å². The van der Waals surface area contributed by atoms with Gasteiger partial charge in [-0.05, 0) is 47.5 Å². The lowest BCUT2D eigenvalue weighted by molar-refractivity contribution is 0.627. The van der Waals surface area contributed by atoms with Crippen LogP contribution >= 0.6 is 15.9 Å². The SMILES string of the molecule is CCc1nc(-c2ccc(F)cc2Br)[nH]c(=O)c1C. The first kappa shape index (κ1) is 13.0. The molecule has 94 valence electrons. The smallest absolute Gasteiger partial charge is 0.254 e. The van der Waals surface area contributed by atoms with Crippen LogP contribution in [0.2, 0.25) is 0 Å². The second-order valence-electron chi connectivity index (χ2n) is 3.96. The normalized spacial score (nSPS) is 10.7. The molecule has 1 aromatic heterocycles. The van der Waals surface area contributed by atoms with Crippen LogP contribution < -0.4 is 5.56 Å². The lowest BCUT2D eigenvalue weighted by Crippen LogP contribution is -2.15. The fourth-order valence-electron chi connectivity index (χ4n) is 1.73. The van der Waals surface area contributed by atoms with Crippen LogP contribution in [0.3, 0.4) is 0 Å². The Bertz CT molecular complexity index is 652. The third kappa shape index (κ3) is 2.36. The van der Waals surface area contributed by atoms with Crippen LogP contribution in [0.4, 0.5) is 4.39 Å². The molecule has 0 saturated carbocycles. The maximum Gasteiger partial charge on any atom is 0.254 e. The lowest BCUT2D eigenvalue weighted by atomic mass is 10.1. The van der Waals surface area contributed by atoms with Crippen LogP contribution in [0.15, 0.2) is 27.5 Å². The maximum atomic E-state index is 13.0. The van der Waals surface area contributed by atoms with Crippen LogP contribution in [0.1, 0.15) is 18.2 Å². The Balaban J connectivity index is 2.64. The van der Waals surface area contributed by atoms with Crippen molar-refractivity contribution in [3.8, 4) is 11.4 Å². The minimum absolute atomic E-state index is 0.159. The molecule has 0 aliphatic rings. The van der Waals surface area contributed by atoms with Gasteiger partial charge in [0.2, 0.25) is 0 Å². The summed E-state index contributed by atoms with van der Waals surface area (Å²) < 4.78 is 13.6. The molecule has 0 saturated heterocycles. The third-order valence-electron chi connectivity index (χ3n) is 2.77. The number of hydrogen-bond acceptors (Lipinski definition) is 2. The molecule has 2 aromatic rings. The molecule has 3 nitrogen and oxygen atoms in total. The van der Waals surface area contributed by atoms with Crippen molar-refractivity contribution in [2.24, 2.45) is 0 Å². The number of nitrogens with zero attached hydrogens (tertiary/aromatic N) is 1. The first-order valence-electron chi connectivity index (χ1n) is 5.58. The summed E-state index contributed by atoms with van der Waals surface area (Å²) >= 11 is 3.27. The molecule has 1 heterocycles. The number of H-pyrrole nitrogens is 1. The highest BCUT2D eigenvalue weighted by Crippen LogP contribution is 2.26. The zero-order valence-corrected chi connectivity index (χ0v) is 11.6. The van der Waals surface area contributed by atoms with E-state index in [4.69, 9.17) is 0 Å². The number of aromatic amines is 1. The second-order valence-corrected chi connectivity index (χ2v) is 4.82. The van der Waals surface area contributed by atoms with Gasteiger partial charge in [-0.1, -0.05) is 6.92 Å². The highest BCUT2D eigenvalue weighted by atomic mass is 79.9. The van der Waals surface area contributed by atoms with Gasteiger partial charge in [-0.3, -0.25) is 4.79 Å². The largest absolute Gasteiger partial charge is 0.306 e. The van der Waals surface area contributed by atoms with Crippen LogP contribution in [-0.2, 0) is 6.42 Å². The van der Waals surface area contributed by atoms with Crippen molar-refractivity contribution < 1.29 is 4.39 Å². The molecule has 0 spiro atoms. The summed E-state index contributed by atoms with van der Waals surface area (Å²) in [5.74, 6) is 0.116. The van der Waals surface area contributed by atoms with E-state index in [2.05, 4.69) is 25.9 Å². The van der Waals surface area contributed by atoms with Crippen LogP contribution in [0.25, 0.3) is 11.4 Å². The first-order chi connectivity index (χ1) is 8.52. The van der Waals surface area contributed by atoms with Crippen molar-refractivity contribution in [2.75, 3.05) is 0 Å². The molecule has 0 radical (unpaired) electrons. The van der Waals surface area contributed by atoms with E-state index in [1.54, 1.807) is 13.0 Å². The summed E-state index contributed by atoms with van der Waals surface area (Å²) in [5, 5.41) is 0. The quantitative estimate of drug-likeness (QED) is 0.925. The van der Waals surface area contributed by atoms with Crippen LogP contribution in [0.5, 0.6) is 0 Å². The molecule has 0 atom stereocenters. The summed E-state index contributed by atoms with van der Waals surface area (Å²) in [7, 11) is 0. The number of aryl methyl sites for hydroxylation is 1. The van der Waals surface area contributed by atoms with E-state index in [1.165, 1.54) is 12.1 Å². The van der Waals surface area contributed by atoms with E-state index in [0.29, 0.717) is 27.8 Å². The Hall–Kier alpha value is -1.49. The van der Waals surface area contributed by atoms with Crippen molar-refractivity contribution in [1.29, 1.82) is 0 Å². The average molecular weight is 311 g/mol. The molecule has 1 aromatic carbocycles. The van der Waals surface area contributed by atoms with Gasteiger partial charge in [0.15, 0.2) is 0 Å². The number of nitrogens with one attached hydrogen (secondary N) is 1. The third-order valence-corrected chi connectivity index (χ3v) is 3.43. The molecule has 0 aliphatic carbocycles.